The zero-order valence-corrected chi connectivity index (χ0v) is 17.5. The van der Waals surface area contributed by atoms with Crippen LogP contribution in [0.4, 0.5) is 5.82 Å². The van der Waals surface area contributed by atoms with Crippen LogP contribution in [-0.4, -0.2) is 50.6 Å². The topological polar surface area (TPSA) is 97.4 Å². The highest BCUT2D eigenvalue weighted by molar-refractivity contribution is 5.81. The number of likely N-dealkylation sites (N-methyl/N-ethyl adjacent to an activating group) is 1. The molecule has 0 radical (unpaired) electrons. The molecule has 5 rings (SSSR count). The average molecular weight is 420 g/mol. The van der Waals surface area contributed by atoms with Gasteiger partial charge in [0.25, 0.3) is 5.56 Å². The van der Waals surface area contributed by atoms with E-state index >= 15 is 0 Å². The predicted molar refractivity (Wildman–Crippen MR) is 113 cm³/mol. The predicted octanol–water partition coefficient (Wildman–Crippen LogP) is 1.76. The summed E-state index contributed by atoms with van der Waals surface area (Å²) in [5.41, 5.74) is 1.53. The lowest BCUT2D eigenvalue weighted by Crippen LogP contribution is -2.53. The first kappa shape index (κ1) is 19.5. The number of anilines is 1. The first-order valence-corrected chi connectivity index (χ1v) is 10.4. The number of piperidine rings is 1. The van der Waals surface area contributed by atoms with Crippen LogP contribution in [0.2, 0.25) is 0 Å². The van der Waals surface area contributed by atoms with Crippen molar-refractivity contribution in [1.29, 1.82) is 0 Å². The van der Waals surface area contributed by atoms with Crippen molar-refractivity contribution in [2.45, 2.75) is 31.8 Å². The number of fused-ring (bicyclic) bond motifs is 4. The molecule has 0 aromatic carbocycles. The standard InChI is InChI=1S/C22H24N6O3/c1-14-8-17(31-25-14)13-26(2)22(30)21-16-9-15(18-4-3-5-20(29)28(18)21)11-27(12-16)19-10-23-6-7-24-19/h3-8,10,15-16,21H,9,11-13H2,1-2H3/t15-,16+,21+/m0/s1. The quantitative estimate of drug-likeness (QED) is 0.634. The SMILES string of the molecule is Cc1cc(CN(C)C(=O)[C@H]2[C@@H]3C[C@@H](CN(c4cnccn4)C3)c3cccc(=O)n32)on1. The van der Waals surface area contributed by atoms with Crippen molar-refractivity contribution in [2.75, 3.05) is 25.0 Å². The smallest absolute Gasteiger partial charge is 0.251 e. The Morgan fingerprint density at radius 2 is 2.16 bits per heavy atom. The van der Waals surface area contributed by atoms with Crippen LogP contribution in [0.15, 0.2) is 52.2 Å². The van der Waals surface area contributed by atoms with Crippen LogP contribution in [0.25, 0.3) is 0 Å². The number of hydrogen-bond acceptors (Lipinski definition) is 7. The summed E-state index contributed by atoms with van der Waals surface area (Å²) in [4.78, 5) is 38.9. The molecule has 2 bridgehead atoms. The van der Waals surface area contributed by atoms with E-state index in [2.05, 4.69) is 20.0 Å². The van der Waals surface area contributed by atoms with Crippen molar-refractivity contribution in [2.24, 2.45) is 5.92 Å². The van der Waals surface area contributed by atoms with E-state index in [4.69, 9.17) is 4.52 Å². The first-order chi connectivity index (χ1) is 15.0. The summed E-state index contributed by atoms with van der Waals surface area (Å²) in [5.74, 6) is 1.45. The maximum atomic E-state index is 13.6. The van der Waals surface area contributed by atoms with Crippen LogP contribution in [0.3, 0.4) is 0 Å². The Balaban J connectivity index is 1.50. The molecule has 3 aromatic rings. The van der Waals surface area contributed by atoms with Crippen LogP contribution in [0.5, 0.6) is 0 Å². The van der Waals surface area contributed by atoms with E-state index in [1.54, 1.807) is 41.2 Å². The minimum Gasteiger partial charge on any atom is -0.359 e. The van der Waals surface area contributed by atoms with Gasteiger partial charge >= 0.3 is 0 Å². The molecule has 160 valence electrons. The Bertz CT molecular complexity index is 1160. The van der Waals surface area contributed by atoms with Gasteiger partial charge in [-0.3, -0.25) is 19.1 Å². The van der Waals surface area contributed by atoms with Gasteiger partial charge in [-0.1, -0.05) is 11.2 Å². The number of aryl methyl sites for hydroxylation is 1. The van der Waals surface area contributed by atoms with Gasteiger partial charge in [-0.15, -0.1) is 0 Å². The van der Waals surface area contributed by atoms with Crippen LogP contribution in [0.1, 0.15) is 35.5 Å². The third-order valence-corrected chi connectivity index (χ3v) is 6.22. The maximum Gasteiger partial charge on any atom is 0.251 e. The highest BCUT2D eigenvalue weighted by Gasteiger charge is 2.44. The summed E-state index contributed by atoms with van der Waals surface area (Å²) < 4.78 is 6.99. The minimum atomic E-state index is -0.576. The molecule has 0 unspecified atom stereocenters. The fourth-order valence-corrected chi connectivity index (χ4v) is 4.92. The summed E-state index contributed by atoms with van der Waals surface area (Å²) in [5, 5.41) is 3.90. The summed E-state index contributed by atoms with van der Waals surface area (Å²) in [6, 6.07) is 6.51. The molecule has 0 aliphatic carbocycles. The summed E-state index contributed by atoms with van der Waals surface area (Å²) >= 11 is 0. The molecule has 2 aliphatic rings. The third kappa shape index (κ3) is 3.49. The van der Waals surface area contributed by atoms with Crippen LogP contribution in [0, 0.1) is 12.8 Å². The molecule has 3 aromatic heterocycles. The number of aromatic nitrogens is 4. The molecule has 0 saturated carbocycles. The number of carbonyl (C=O) groups excluding carboxylic acids is 1. The second-order valence-electron chi connectivity index (χ2n) is 8.39. The number of rotatable bonds is 4. The van der Waals surface area contributed by atoms with E-state index in [-0.39, 0.29) is 23.3 Å². The zero-order chi connectivity index (χ0) is 21.5. The molecule has 2 aliphatic heterocycles. The minimum absolute atomic E-state index is 0.0141. The summed E-state index contributed by atoms with van der Waals surface area (Å²) in [6.07, 6.45) is 5.92. The third-order valence-electron chi connectivity index (χ3n) is 6.22. The van der Waals surface area contributed by atoms with Crippen molar-refractivity contribution in [3.05, 3.63) is 70.4 Å². The Labute approximate surface area is 179 Å². The molecule has 9 nitrogen and oxygen atoms in total. The van der Waals surface area contributed by atoms with Gasteiger partial charge in [0.2, 0.25) is 5.91 Å². The van der Waals surface area contributed by atoms with E-state index in [1.165, 1.54) is 6.07 Å². The molecule has 1 amide bonds. The van der Waals surface area contributed by atoms with E-state index in [1.807, 2.05) is 19.1 Å². The molecule has 0 spiro atoms. The lowest BCUT2D eigenvalue weighted by molar-refractivity contribution is -0.137. The molecule has 31 heavy (non-hydrogen) atoms. The number of carbonyl (C=O) groups is 1. The lowest BCUT2D eigenvalue weighted by atomic mass is 9.78. The number of nitrogens with zero attached hydrogens (tertiary/aromatic N) is 6. The molecule has 3 atom stereocenters. The molecule has 9 heteroatoms. The fourth-order valence-electron chi connectivity index (χ4n) is 4.92. The molecule has 1 fully saturated rings. The van der Waals surface area contributed by atoms with Gasteiger partial charge in [-0.2, -0.15) is 0 Å². The van der Waals surface area contributed by atoms with Gasteiger partial charge in [0, 0.05) is 62.2 Å². The molecular weight excluding hydrogens is 396 g/mol. The Morgan fingerprint density at radius 3 is 2.90 bits per heavy atom. The largest absolute Gasteiger partial charge is 0.359 e. The second-order valence-corrected chi connectivity index (χ2v) is 8.39. The monoisotopic (exact) mass is 420 g/mol. The van der Waals surface area contributed by atoms with Gasteiger partial charge in [0.15, 0.2) is 5.76 Å². The van der Waals surface area contributed by atoms with Crippen LogP contribution >= 0.6 is 0 Å². The average Bonchev–Trinajstić information content (AvgIpc) is 3.19. The van der Waals surface area contributed by atoms with Crippen LogP contribution < -0.4 is 10.5 Å². The van der Waals surface area contributed by atoms with E-state index in [9.17, 15) is 9.59 Å². The maximum absolute atomic E-state index is 13.6. The van der Waals surface area contributed by atoms with Crippen molar-refractivity contribution >= 4 is 11.7 Å². The number of pyridine rings is 1. The molecule has 0 N–H and O–H groups in total. The highest BCUT2D eigenvalue weighted by atomic mass is 16.5. The summed E-state index contributed by atoms with van der Waals surface area (Å²) in [6.45, 7) is 3.53. The van der Waals surface area contributed by atoms with Crippen molar-refractivity contribution in [3.63, 3.8) is 0 Å². The van der Waals surface area contributed by atoms with Crippen molar-refractivity contribution in [1.82, 2.24) is 24.6 Å². The molecule has 5 heterocycles. The van der Waals surface area contributed by atoms with Crippen molar-refractivity contribution < 1.29 is 9.32 Å². The lowest BCUT2D eigenvalue weighted by Gasteiger charge is -2.47. The number of hydrogen-bond donors (Lipinski definition) is 0. The van der Waals surface area contributed by atoms with E-state index < -0.39 is 6.04 Å². The fraction of sp³-hybridized carbons (Fsp3) is 0.409. The second kappa shape index (κ2) is 7.64. The van der Waals surface area contributed by atoms with Crippen LogP contribution in [-0.2, 0) is 11.3 Å². The van der Waals surface area contributed by atoms with Gasteiger partial charge in [0.05, 0.1) is 18.4 Å². The van der Waals surface area contributed by atoms with Gasteiger partial charge in [-0.05, 0) is 19.4 Å². The summed E-state index contributed by atoms with van der Waals surface area (Å²) in [7, 11) is 1.74. The van der Waals surface area contributed by atoms with Gasteiger partial charge < -0.3 is 14.3 Å². The van der Waals surface area contributed by atoms with E-state index in [0.29, 0.717) is 18.8 Å². The highest BCUT2D eigenvalue weighted by Crippen LogP contribution is 2.42. The zero-order valence-electron chi connectivity index (χ0n) is 17.5. The van der Waals surface area contributed by atoms with Gasteiger partial charge in [0.1, 0.15) is 11.9 Å². The Morgan fingerprint density at radius 1 is 1.29 bits per heavy atom. The normalized spacial score (nSPS) is 22.1. The Hall–Kier alpha value is -3.49. The van der Waals surface area contributed by atoms with E-state index in [0.717, 1.165) is 30.2 Å². The first-order valence-electron chi connectivity index (χ1n) is 10.4. The Kier molecular flexibility index (Phi) is 4.80. The molecular formula is C22H24N6O3. The molecule has 1 saturated heterocycles. The number of amides is 1. The van der Waals surface area contributed by atoms with Crippen molar-refractivity contribution in [3.8, 4) is 0 Å². The van der Waals surface area contributed by atoms with Gasteiger partial charge in [-0.25, -0.2) is 4.98 Å².